The van der Waals surface area contributed by atoms with E-state index in [9.17, 15) is 4.79 Å². The van der Waals surface area contributed by atoms with Crippen LogP contribution >= 0.6 is 11.8 Å². The molecule has 0 bridgehead atoms. The quantitative estimate of drug-likeness (QED) is 0.638. The molecule has 0 atom stereocenters. The van der Waals surface area contributed by atoms with E-state index in [1.165, 1.54) is 17.3 Å². The fourth-order valence-electron chi connectivity index (χ4n) is 2.33. The molecule has 1 heterocycles. The Balaban J connectivity index is 1.85. The summed E-state index contributed by atoms with van der Waals surface area (Å²) in [5.41, 5.74) is 8.42. The van der Waals surface area contributed by atoms with E-state index in [1.807, 2.05) is 47.0 Å². The summed E-state index contributed by atoms with van der Waals surface area (Å²) < 4.78 is 1.94. The van der Waals surface area contributed by atoms with E-state index >= 15 is 0 Å². The number of primary amides is 1. The Morgan fingerprint density at radius 1 is 1.12 bits per heavy atom. The van der Waals surface area contributed by atoms with Crippen LogP contribution in [0.25, 0.3) is 5.69 Å². The molecule has 0 aliphatic carbocycles. The molecule has 0 saturated heterocycles. The van der Waals surface area contributed by atoms with Crippen molar-refractivity contribution < 1.29 is 4.79 Å². The number of thioether (sulfide) groups is 1. The van der Waals surface area contributed by atoms with Gasteiger partial charge in [-0.1, -0.05) is 47.7 Å². The molecule has 0 aliphatic heterocycles. The second-order valence-electron chi connectivity index (χ2n) is 5.54. The van der Waals surface area contributed by atoms with Crippen molar-refractivity contribution >= 4 is 23.4 Å². The summed E-state index contributed by atoms with van der Waals surface area (Å²) in [6.45, 7) is 2.57. The highest BCUT2D eigenvalue weighted by atomic mass is 32.2. The van der Waals surface area contributed by atoms with Crippen molar-refractivity contribution in [3.63, 3.8) is 0 Å². The topological polar surface area (TPSA) is 85.8 Å². The van der Waals surface area contributed by atoms with Crippen LogP contribution in [-0.4, -0.2) is 26.4 Å². The zero-order valence-electron chi connectivity index (χ0n) is 13.8. The smallest absolute Gasteiger partial charge is 0.227 e. The van der Waals surface area contributed by atoms with Crippen molar-refractivity contribution in [1.29, 1.82) is 0 Å². The van der Waals surface area contributed by atoms with Gasteiger partial charge in [0.15, 0.2) is 11.0 Å². The molecule has 3 rings (SSSR count). The predicted molar refractivity (Wildman–Crippen MR) is 99.8 cm³/mol. The van der Waals surface area contributed by atoms with Gasteiger partial charge in [-0.05, 0) is 31.2 Å². The molecule has 0 aliphatic rings. The molecule has 0 unspecified atom stereocenters. The fraction of sp³-hybridized carbons (Fsp3) is 0.167. The van der Waals surface area contributed by atoms with E-state index in [1.54, 1.807) is 0 Å². The number of nitrogens with zero attached hydrogens (tertiary/aromatic N) is 3. The summed E-state index contributed by atoms with van der Waals surface area (Å²) in [7, 11) is 0. The Morgan fingerprint density at radius 2 is 1.84 bits per heavy atom. The first kappa shape index (κ1) is 17.0. The van der Waals surface area contributed by atoms with Crippen molar-refractivity contribution in [1.82, 2.24) is 14.8 Å². The maximum Gasteiger partial charge on any atom is 0.227 e. The number of para-hydroxylation sites is 1. The molecule has 0 fully saturated rings. The van der Waals surface area contributed by atoms with Crippen molar-refractivity contribution in [2.24, 2.45) is 5.73 Å². The molecule has 3 N–H and O–H groups in total. The zero-order valence-corrected chi connectivity index (χ0v) is 14.7. The average Bonchev–Trinajstić information content (AvgIpc) is 3.03. The molecule has 3 aromatic rings. The lowest BCUT2D eigenvalue weighted by Crippen LogP contribution is -2.14. The number of carbonyl (C=O) groups excluding carboxylic acids is 1. The van der Waals surface area contributed by atoms with Crippen LogP contribution in [0.15, 0.2) is 59.8 Å². The number of hydrogen-bond acceptors (Lipinski definition) is 5. The van der Waals surface area contributed by atoms with Crippen LogP contribution in [-0.2, 0) is 11.3 Å². The zero-order chi connectivity index (χ0) is 17.6. The minimum Gasteiger partial charge on any atom is -0.378 e. The first-order chi connectivity index (χ1) is 12.1. The van der Waals surface area contributed by atoms with E-state index in [-0.39, 0.29) is 11.7 Å². The third kappa shape index (κ3) is 4.39. The Morgan fingerprint density at radius 3 is 2.52 bits per heavy atom. The van der Waals surface area contributed by atoms with Gasteiger partial charge < -0.3 is 11.1 Å². The molecule has 0 saturated carbocycles. The van der Waals surface area contributed by atoms with Gasteiger partial charge in [-0.2, -0.15) is 0 Å². The number of benzene rings is 2. The lowest BCUT2D eigenvalue weighted by molar-refractivity contribution is -0.115. The molecule has 7 heteroatoms. The first-order valence-corrected chi connectivity index (χ1v) is 8.83. The average molecular weight is 353 g/mol. The number of amides is 1. The van der Waals surface area contributed by atoms with Crippen molar-refractivity contribution in [3.8, 4) is 5.69 Å². The highest BCUT2D eigenvalue weighted by Crippen LogP contribution is 2.22. The monoisotopic (exact) mass is 353 g/mol. The van der Waals surface area contributed by atoms with Gasteiger partial charge in [-0.3, -0.25) is 9.36 Å². The number of rotatable bonds is 7. The van der Waals surface area contributed by atoms with Crippen LogP contribution < -0.4 is 11.1 Å². The van der Waals surface area contributed by atoms with Gasteiger partial charge in [0.25, 0.3) is 0 Å². The number of aryl methyl sites for hydroxylation is 1. The number of carbonyl (C=O) groups is 1. The van der Waals surface area contributed by atoms with Gasteiger partial charge in [0.05, 0.1) is 12.3 Å². The van der Waals surface area contributed by atoms with Crippen LogP contribution in [0.2, 0.25) is 0 Å². The van der Waals surface area contributed by atoms with Gasteiger partial charge in [-0.15, -0.1) is 10.2 Å². The molecule has 6 nitrogen and oxygen atoms in total. The summed E-state index contributed by atoms with van der Waals surface area (Å²) in [6.07, 6.45) is 0. The molecule has 128 valence electrons. The first-order valence-electron chi connectivity index (χ1n) is 7.85. The van der Waals surface area contributed by atoms with E-state index in [2.05, 4.69) is 34.6 Å². The van der Waals surface area contributed by atoms with Crippen molar-refractivity contribution in [2.45, 2.75) is 18.6 Å². The van der Waals surface area contributed by atoms with Crippen LogP contribution in [0.5, 0.6) is 0 Å². The third-order valence-electron chi connectivity index (χ3n) is 3.56. The van der Waals surface area contributed by atoms with Crippen LogP contribution in [0, 0.1) is 6.92 Å². The minimum atomic E-state index is -0.382. The summed E-state index contributed by atoms with van der Waals surface area (Å²) >= 11 is 1.28. The second-order valence-corrected chi connectivity index (χ2v) is 6.49. The third-order valence-corrected chi connectivity index (χ3v) is 4.51. The summed E-state index contributed by atoms with van der Waals surface area (Å²) in [6, 6.07) is 18.0. The summed E-state index contributed by atoms with van der Waals surface area (Å²) in [4.78, 5) is 11.1. The van der Waals surface area contributed by atoms with Crippen molar-refractivity contribution in [3.05, 3.63) is 66.0 Å². The molecule has 2 aromatic carbocycles. The van der Waals surface area contributed by atoms with Gasteiger partial charge in [0.2, 0.25) is 5.91 Å². The Bertz CT molecular complexity index is 846. The molecule has 0 spiro atoms. The molecular formula is C18H19N5OS. The Labute approximate surface area is 150 Å². The molecule has 1 amide bonds. The highest BCUT2D eigenvalue weighted by Gasteiger charge is 2.15. The molecule has 25 heavy (non-hydrogen) atoms. The van der Waals surface area contributed by atoms with Gasteiger partial charge in [-0.25, -0.2) is 0 Å². The Hall–Kier alpha value is -2.80. The van der Waals surface area contributed by atoms with E-state index in [4.69, 9.17) is 5.73 Å². The Kier molecular flexibility index (Phi) is 5.35. The van der Waals surface area contributed by atoms with Crippen LogP contribution in [0.1, 0.15) is 11.4 Å². The minimum absolute atomic E-state index is 0.163. The summed E-state index contributed by atoms with van der Waals surface area (Å²) in [5, 5.41) is 12.5. The maximum atomic E-state index is 11.1. The number of nitrogens with one attached hydrogen (secondary N) is 1. The van der Waals surface area contributed by atoms with Crippen LogP contribution in [0.4, 0.5) is 5.69 Å². The van der Waals surface area contributed by atoms with Gasteiger partial charge >= 0.3 is 0 Å². The SMILES string of the molecule is Cc1ccc(NCc2nnc(SCC(N)=O)n2-c2ccccc2)cc1. The summed E-state index contributed by atoms with van der Waals surface area (Å²) in [5.74, 6) is 0.543. The van der Waals surface area contributed by atoms with E-state index in [0.29, 0.717) is 11.7 Å². The highest BCUT2D eigenvalue weighted by molar-refractivity contribution is 7.99. The van der Waals surface area contributed by atoms with E-state index in [0.717, 1.165) is 17.2 Å². The fourth-order valence-corrected chi connectivity index (χ4v) is 3.04. The largest absolute Gasteiger partial charge is 0.378 e. The standard InChI is InChI=1S/C18H19N5OS/c1-13-7-9-14(10-8-13)20-11-17-21-22-18(25-12-16(19)24)23(17)15-5-3-2-4-6-15/h2-10,20H,11-12H2,1H3,(H2,19,24). The predicted octanol–water partition coefficient (Wildman–Crippen LogP) is 2.77. The van der Waals surface area contributed by atoms with Crippen molar-refractivity contribution in [2.75, 3.05) is 11.1 Å². The molecular weight excluding hydrogens is 334 g/mol. The number of anilines is 1. The maximum absolute atomic E-state index is 11.1. The molecule has 1 aromatic heterocycles. The molecule has 0 radical (unpaired) electrons. The van der Waals surface area contributed by atoms with Gasteiger partial charge in [0.1, 0.15) is 0 Å². The van der Waals surface area contributed by atoms with Gasteiger partial charge in [0, 0.05) is 11.4 Å². The van der Waals surface area contributed by atoms with E-state index < -0.39 is 0 Å². The van der Waals surface area contributed by atoms with Crippen LogP contribution in [0.3, 0.4) is 0 Å². The number of aromatic nitrogens is 3. The normalized spacial score (nSPS) is 10.6. The lowest BCUT2D eigenvalue weighted by atomic mass is 10.2. The number of hydrogen-bond donors (Lipinski definition) is 2. The lowest BCUT2D eigenvalue weighted by Gasteiger charge is -2.11. The second kappa shape index (κ2) is 7.85. The number of nitrogens with two attached hydrogens (primary N) is 1.